The minimum Gasteiger partial charge on any atom is -0.351 e. The molecule has 0 radical (unpaired) electrons. The van der Waals surface area contributed by atoms with Crippen molar-refractivity contribution in [3.8, 4) is 0 Å². The zero-order valence-corrected chi connectivity index (χ0v) is 6.73. The van der Waals surface area contributed by atoms with Crippen LogP contribution in [0, 0.1) is 0 Å². The molecule has 0 amide bonds. The molecule has 12 heavy (non-hydrogen) atoms. The Morgan fingerprint density at radius 2 is 2.42 bits per heavy atom. The van der Waals surface area contributed by atoms with E-state index in [9.17, 15) is 9.59 Å². The average molecular weight is 169 g/mol. The number of nitrogens with one attached hydrogen (secondary N) is 1. The van der Waals surface area contributed by atoms with Crippen molar-refractivity contribution in [1.29, 1.82) is 0 Å². The Morgan fingerprint density at radius 1 is 1.75 bits per heavy atom. The molecule has 0 aliphatic rings. The molecule has 0 spiro atoms. The number of ketones is 1. The molecule has 5 heteroatoms. The van der Waals surface area contributed by atoms with Crippen LogP contribution in [0.1, 0.15) is 6.92 Å². The van der Waals surface area contributed by atoms with Crippen LogP contribution in [-0.2, 0) is 9.59 Å². The quantitative estimate of drug-likeness (QED) is 0.462. The van der Waals surface area contributed by atoms with E-state index in [0.717, 1.165) is 0 Å². The number of nitrogens with two attached hydrogens (primary N) is 1. The molecule has 1 unspecified atom stereocenters. The number of aldehydes is 1. The second kappa shape index (κ2) is 6.23. The van der Waals surface area contributed by atoms with E-state index >= 15 is 0 Å². The fourth-order valence-electron chi connectivity index (χ4n) is 0.322. The van der Waals surface area contributed by atoms with Crippen LogP contribution in [0.15, 0.2) is 18.7 Å². The summed E-state index contributed by atoms with van der Waals surface area (Å²) in [5.74, 6) is -0.556. The van der Waals surface area contributed by atoms with Crippen molar-refractivity contribution in [3.63, 3.8) is 0 Å². The van der Waals surface area contributed by atoms with Crippen LogP contribution >= 0.6 is 0 Å². The second-order valence-corrected chi connectivity index (χ2v) is 2.07. The largest absolute Gasteiger partial charge is 0.351 e. The summed E-state index contributed by atoms with van der Waals surface area (Å²) < 4.78 is 0. The van der Waals surface area contributed by atoms with Gasteiger partial charge in [0.05, 0.1) is 12.4 Å². The lowest BCUT2D eigenvalue weighted by Crippen LogP contribution is -2.27. The average Bonchev–Trinajstić information content (AvgIpc) is 2.59. The van der Waals surface area contributed by atoms with Crippen molar-refractivity contribution in [2.24, 2.45) is 5.73 Å². The fraction of sp³-hybridized carbons (Fsp3) is 0.286. The van der Waals surface area contributed by atoms with E-state index in [0.29, 0.717) is 0 Å². The summed E-state index contributed by atoms with van der Waals surface area (Å²) >= 11 is 0. The molecule has 1 aromatic rings. The van der Waals surface area contributed by atoms with Crippen molar-refractivity contribution in [2.45, 2.75) is 13.0 Å². The minimum absolute atomic E-state index is 0.227. The maximum atomic E-state index is 10.0. The molecular formula is C7H11N3O2. The van der Waals surface area contributed by atoms with Gasteiger partial charge in [-0.05, 0) is 6.92 Å². The number of H-pyrrole nitrogens is 1. The Bertz CT molecular complexity index is 201. The summed E-state index contributed by atoms with van der Waals surface area (Å²) in [4.78, 5) is 26.0. The summed E-state index contributed by atoms with van der Waals surface area (Å²) in [5.41, 5.74) is 4.97. The number of hydrogen-bond donors (Lipinski definition) is 2. The van der Waals surface area contributed by atoms with Crippen molar-refractivity contribution in [3.05, 3.63) is 18.7 Å². The summed E-state index contributed by atoms with van der Waals surface area (Å²) in [7, 11) is 0. The normalized spacial score (nSPS) is 10.8. The van der Waals surface area contributed by atoms with E-state index in [1.165, 1.54) is 6.92 Å². The molecule has 0 saturated heterocycles. The van der Waals surface area contributed by atoms with Crippen LogP contribution < -0.4 is 5.73 Å². The van der Waals surface area contributed by atoms with E-state index in [-0.39, 0.29) is 6.29 Å². The first-order valence-corrected chi connectivity index (χ1v) is 3.35. The smallest absolute Gasteiger partial charge is 0.211 e. The van der Waals surface area contributed by atoms with E-state index < -0.39 is 11.8 Å². The van der Waals surface area contributed by atoms with Gasteiger partial charge in [-0.1, -0.05) is 0 Å². The third kappa shape index (κ3) is 5.31. The molecule has 1 aromatic heterocycles. The highest BCUT2D eigenvalue weighted by Gasteiger charge is 2.02. The van der Waals surface area contributed by atoms with Crippen LogP contribution in [0.25, 0.3) is 0 Å². The number of carbonyl (C=O) groups excluding carboxylic acids is 2. The van der Waals surface area contributed by atoms with E-state index in [1.807, 2.05) is 0 Å². The highest BCUT2D eigenvalue weighted by atomic mass is 16.2. The number of aromatic amines is 1. The van der Waals surface area contributed by atoms with Crippen molar-refractivity contribution < 1.29 is 9.59 Å². The Morgan fingerprint density at radius 3 is 2.50 bits per heavy atom. The highest BCUT2D eigenvalue weighted by Crippen LogP contribution is 1.70. The highest BCUT2D eigenvalue weighted by molar-refractivity contribution is 6.27. The number of hydrogen-bond acceptors (Lipinski definition) is 4. The van der Waals surface area contributed by atoms with Crippen LogP contribution in [0.4, 0.5) is 0 Å². The van der Waals surface area contributed by atoms with Gasteiger partial charge in [0.2, 0.25) is 5.78 Å². The third-order valence-electron chi connectivity index (χ3n) is 0.971. The second-order valence-electron chi connectivity index (χ2n) is 2.07. The Labute approximate surface area is 70.0 Å². The molecule has 0 saturated carbocycles. The van der Waals surface area contributed by atoms with Gasteiger partial charge in [0, 0.05) is 12.4 Å². The number of Topliss-reactive ketones (excluding diaryl/α,β-unsaturated/α-hetero) is 1. The van der Waals surface area contributed by atoms with Crippen molar-refractivity contribution >= 4 is 12.1 Å². The van der Waals surface area contributed by atoms with Gasteiger partial charge in [-0.3, -0.25) is 9.59 Å². The van der Waals surface area contributed by atoms with Gasteiger partial charge in [0.15, 0.2) is 6.29 Å². The molecule has 66 valence electrons. The first kappa shape index (κ1) is 10.5. The lowest BCUT2D eigenvalue weighted by Gasteiger charge is -1.90. The monoisotopic (exact) mass is 169 g/mol. The Balaban J connectivity index is 0.000000211. The van der Waals surface area contributed by atoms with Gasteiger partial charge >= 0.3 is 0 Å². The molecule has 1 rings (SSSR count). The molecule has 1 atom stereocenters. The summed E-state index contributed by atoms with van der Waals surface area (Å²) in [6.07, 6.45) is 5.31. The number of imidazole rings is 1. The van der Waals surface area contributed by atoms with Gasteiger partial charge < -0.3 is 10.7 Å². The molecule has 0 aliphatic heterocycles. The number of nitrogens with zero attached hydrogens (tertiary/aromatic N) is 1. The molecule has 1 heterocycles. The molecule has 0 aliphatic carbocycles. The maximum Gasteiger partial charge on any atom is 0.211 e. The van der Waals surface area contributed by atoms with Crippen LogP contribution in [0.2, 0.25) is 0 Å². The van der Waals surface area contributed by atoms with E-state index in [1.54, 1.807) is 18.7 Å². The lowest BCUT2D eigenvalue weighted by atomic mass is 10.3. The summed E-state index contributed by atoms with van der Waals surface area (Å²) in [6.45, 7) is 1.47. The maximum absolute atomic E-state index is 10.0. The first-order chi connectivity index (χ1) is 5.68. The zero-order valence-electron chi connectivity index (χ0n) is 6.73. The molecule has 0 fully saturated rings. The number of aromatic nitrogens is 2. The molecule has 5 nitrogen and oxygen atoms in total. The zero-order chi connectivity index (χ0) is 9.40. The van der Waals surface area contributed by atoms with Crippen LogP contribution in [0.5, 0.6) is 0 Å². The van der Waals surface area contributed by atoms with Gasteiger partial charge in [-0.2, -0.15) is 0 Å². The Hall–Kier alpha value is -1.49. The van der Waals surface area contributed by atoms with Crippen LogP contribution in [0.3, 0.4) is 0 Å². The van der Waals surface area contributed by atoms with Crippen LogP contribution in [-0.4, -0.2) is 28.1 Å². The Kier molecular flexibility index (Phi) is 5.46. The molecule has 3 N–H and O–H groups in total. The topological polar surface area (TPSA) is 88.8 Å². The van der Waals surface area contributed by atoms with Crippen molar-refractivity contribution in [2.75, 3.05) is 0 Å². The third-order valence-corrected chi connectivity index (χ3v) is 0.971. The van der Waals surface area contributed by atoms with E-state index in [4.69, 9.17) is 5.73 Å². The SMILES string of the molecule is CC(N)C(=O)C=O.c1c[nH]cn1. The predicted octanol–water partition coefficient (Wildman–Crippen LogP) is -0.489. The van der Waals surface area contributed by atoms with Gasteiger partial charge in [-0.15, -0.1) is 0 Å². The van der Waals surface area contributed by atoms with Gasteiger partial charge in [-0.25, -0.2) is 4.98 Å². The predicted molar refractivity (Wildman–Crippen MR) is 43.3 cm³/mol. The fourth-order valence-corrected chi connectivity index (χ4v) is 0.322. The number of rotatable bonds is 2. The number of carbonyl (C=O) groups is 2. The standard InChI is InChI=1S/C4H7NO2.C3H4N2/c1-3(5)4(7)2-6;1-2-5-3-4-1/h2-3H,5H2,1H3;1-3H,(H,4,5). The van der Waals surface area contributed by atoms with Gasteiger partial charge in [0.1, 0.15) is 0 Å². The molecule has 0 aromatic carbocycles. The molecule has 0 bridgehead atoms. The first-order valence-electron chi connectivity index (χ1n) is 3.35. The lowest BCUT2D eigenvalue weighted by molar-refractivity contribution is -0.130. The van der Waals surface area contributed by atoms with Crippen molar-refractivity contribution in [1.82, 2.24) is 9.97 Å². The molecular weight excluding hydrogens is 158 g/mol. The minimum atomic E-state index is -0.641. The summed E-state index contributed by atoms with van der Waals surface area (Å²) in [6, 6.07) is -0.641. The van der Waals surface area contributed by atoms with Gasteiger partial charge in [0.25, 0.3) is 0 Å². The summed E-state index contributed by atoms with van der Waals surface area (Å²) in [5, 5.41) is 0. The van der Waals surface area contributed by atoms with E-state index in [2.05, 4.69) is 9.97 Å².